The van der Waals surface area contributed by atoms with Crippen molar-refractivity contribution in [3.05, 3.63) is 35.1 Å². The Morgan fingerprint density at radius 1 is 1.28 bits per heavy atom. The van der Waals surface area contributed by atoms with Gasteiger partial charge in [-0.05, 0) is 23.6 Å². The number of nitrogens with one attached hydrogen (secondary N) is 2. The van der Waals surface area contributed by atoms with Gasteiger partial charge in [-0.1, -0.05) is 26.3 Å². The topological polar surface area (TPSA) is 78.4 Å². The second-order valence-electron chi connectivity index (χ2n) is 5.66. The molecule has 0 aliphatic carbocycles. The molecule has 0 saturated carbocycles. The van der Waals surface area contributed by atoms with E-state index in [4.69, 9.17) is 5.11 Å². The van der Waals surface area contributed by atoms with Gasteiger partial charge in [0.2, 0.25) is 5.91 Å². The van der Waals surface area contributed by atoms with Crippen LogP contribution in [-0.4, -0.2) is 29.6 Å². The number of halogens is 4. The summed E-state index contributed by atoms with van der Waals surface area (Å²) in [5.41, 5.74) is -1.44. The van der Waals surface area contributed by atoms with Gasteiger partial charge < -0.3 is 10.4 Å². The van der Waals surface area contributed by atoms with Gasteiger partial charge in [-0.15, -0.1) is 0 Å². The summed E-state index contributed by atoms with van der Waals surface area (Å²) >= 11 is 0. The number of carboxylic acids is 1. The lowest BCUT2D eigenvalue weighted by molar-refractivity contribution is -0.141. The molecule has 0 aliphatic rings. The zero-order valence-electron chi connectivity index (χ0n) is 13.8. The molecule has 0 fully saturated rings. The molecule has 1 amide bonds. The van der Waals surface area contributed by atoms with Gasteiger partial charge in [0.15, 0.2) is 0 Å². The van der Waals surface area contributed by atoms with Crippen LogP contribution in [0.2, 0.25) is 0 Å². The summed E-state index contributed by atoms with van der Waals surface area (Å²) < 4.78 is 51.6. The summed E-state index contributed by atoms with van der Waals surface area (Å²) in [5, 5.41) is 13.9. The van der Waals surface area contributed by atoms with Crippen molar-refractivity contribution in [1.82, 2.24) is 10.6 Å². The Kier molecular flexibility index (Phi) is 7.35. The van der Waals surface area contributed by atoms with Gasteiger partial charge in [-0.25, -0.2) is 4.39 Å². The van der Waals surface area contributed by atoms with Crippen molar-refractivity contribution in [3.8, 4) is 0 Å². The Morgan fingerprint density at radius 2 is 1.92 bits per heavy atom. The number of hydrogen-bond donors (Lipinski definition) is 3. The first kappa shape index (κ1) is 20.9. The van der Waals surface area contributed by atoms with Crippen molar-refractivity contribution in [3.63, 3.8) is 0 Å². The second-order valence-corrected chi connectivity index (χ2v) is 5.66. The van der Waals surface area contributed by atoms with E-state index >= 15 is 0 Å². The van der Waals surface area contributed by atoms with Crippen LogP contribution in [-0.2, 0) is 22.3 Å². The zero-order chi connectivity index (χ0) is 19.2. The monoisotopic (exact) mass is 364 g/mol. The van der Waals surface area contributed by atoms with E-state index in [2.05, 4.69) is 10.6 Å². The normalized spacial score (nSPS) is 14.0. The average molecular weight is 364 g/mol. The summed E-state index contributed by atoms with van der Waals surface area (Å²) in [4.78, 5) is 22.9. The lowest BCUT2D eigenvalue weighted by Gasteiger charge is -2.20. The minimum absolute atomic E-state index is 0.223. The third kappa shape index (κ3) is 6.33. The molecule has 0 aromatic heterocycles. The van der Waals surface area contributed by atoms with Crippen LogP contribution in [0.3, 0.4) is 0 Å². The standard InChI is InChI=1S/C16H20F4N2O3/c1-3-9(2)14(15(24)25)22-8-13(23)21-7-10-4-5-11(17)6-12(10)16(18,19)20/h4-6,9,14,22H,3,7-8H2,1-2H3,(H,21,23)(H,24,25)/t9-,14-/m0/s1. The maximum atomic E-state index is 13.0. The van der Waals surface area contributed by atoms with Gasteiger partial charge in [-0.2, -0.15) is 13.2 Å². The Bertz CT molecular complexity index is 620. The number of amides is 1. The lowest BCUT2D eigenvalue weighted by atomic mass is 9.99. The minimum atomic E-state index is -4.74. The van der Waals surface area contributed by atoms with Crippen LogP contribution in [0.1, 0.15) is 31.4 Å². The smallest absolute Gasteiger partial charge is 0.416 e. The summed E-state index contributed by atoms with van der Waals surface area (Å²) in [6.45, 7) is 2.70. The number of alkyl halides is 3. The number of rotatable bonds is 8. The van der Waals surface area contributed by atoms with Crippen LogP contribution in [0.25, 0.3) is 0 Å². The molecular weight excluding hydrogens is 344 g/mol. The Hall–Kier alpha value is -2.16. The van der Waals surface area contributed by atoms with Crippen LogP contribution in [0.5, 0.6) is 0 Å². The van der Waals surface area contributed by atoms with Gasteiger partial charge >= 0.3 is 12.1 Å². The van der Waals surface area contributed by atoms with Crippen molar-refractivity contribution in [2.24, 2.45) is 5.92 Å². The highest BCUT2D eigenvalue weighted by Crippen LogP contribution is 2.32. The van der Waals surface area contributed by atoms with Gasteiger partial charge in [0.05, 0.1) is 12.1 Å². The highest BCUT2D eigenvalue weighted by atomic mass is 19.4. The highest BCUT2D eigenvalue weighted by molar-refractivity contribution is 5.80. The fourth-order valence-corrected chi connectivity index (χ4v) is 2.19. The first-order valence-electron chi connectivity index (χ1n) is 7.64. The number of carbonyl (C=O) groups excluding carboxylic acids is 1. The van der Waals surface area contributed by atoms with Crippen LogP contribution in [0.15, 0.2) is 18.2 Å². The first-order valence-corrected chi connectivity index (χ1v) is 7.64. The molecule has 0 aliphatic heterocycles. The van der Waals surface area contributed by atoms with Crippen LogP contribution in [0, 0.1) is 11.7 Å². The molecule has 0 radical (unpaired) electrons. The van der Waals surface area contributed by atoms with Crippen molar-refractivity contribution >= 4 is 11.9 Å². The van der Waals surface area contributed by atoms with Crippen molar-refractivity contribution in [2.75, 3.05) is 6.54 Å². The molecule has 0 spiro atoms. The minimum Gasteiger partial charge on any atom is -0.480 e. The fourth-order valence-electron chi connectivity index (χ4n) is 2.19. The van der Waals surface area contributed by atoms with E-state index in [0.717, 1.165) is 12.1 Å². The average Bonchev–Trinajstić information content (AvgIpc) is 2.52. The number of hydrogen-bond acceptors (Lipinski definition) is 3. The molecule has 0 heterocycles. The van der Waals surface area contributed by atoms with E-state index in [0.29, 0.717) is 12.5 Å². The van der Waals surface area contributed by atoms with Crippen LogP contribution < -0.4 is 10.6 Å². The lowest BCUT2D eigenvalue weighted by Crippen LogP contribution is -2.46. The maximum absolute atomic E-state index is 13.0. The second kappa shape index (κ2) is 8.80. The highest BCUT2D eigenvalue weighted by Gasteiger charge is 2.33. The fraction of sp³-hybridized carbons (Fsp3) is 0.500. The molecule has 0 bridgehead atoms. The van der Waals surface area contributed by atoms with Gasteiger partial charge in [-0.3, -0.25) is 14.9 Å². The number of aliphatic carboxylic acids is 1. The van der Waals surface area contributed by atoms with Crippen molar-refractivity contribution in [2.45, 2.75) is 39.0 Å². The van der Waals surface area contributed by atoms with Crippen LogP contribution >= 0.6 is 0 Å². The molecule has 0 saturated heterocycles. The molecule has 1 rings (SSSR count). The predicted octanol–water partition coefficient (Wildman–Crippen LogP) is 2.55. The van der Waals surface area contributed by atoms with Gasteiger partial charge in [0.25, 0.3) is 0 Å². The summed E-state index contributed by atoms with van der Waals surface area (Å²) in [6, 6.07) is 1.25. The van der Waals surface area contributed by atoms with E-state index < -0.39 is 42.0 Å². The molecule has 3 N–H and O–H groups in total. The molecule has 0 unspecified atom stereocenters. The van der Waals surface area contributed by atoms with E-state index in [-0.39, 0.29) is 18.0 Å². The Labute approximate surface area is 142 Å². The molecular formula is C16H20F4N2O3. The molecule has 5 nitrogen and oxygen atoms in total. The van der Waals surface area contributed by atoms with E-state index in [1.807, 2.05) is 0 Å². The van der Waals surface area contributed by atoms with E-state index in [1.54, 1.807) is 13.8 Å². The molecule has 9 heteroatoms. The third-order valence-electron chi connectivity index (χ3n) is 3.81. The number of benzene rings is 1. The van der Waals surface area contributed by atoms with Crippen molar-refractivity contribution < 1.29 is 32.3 Å². The molecule has 25 heavy (non-hydrogen) atoms. The SMILES string of the molecule is CC[C@H](C)[C@H](NCC(=O)NCc1ccc(F)cc1C(F)(F)F)C(=O)O. The largest absolute Gasteiger partial charge is 0.480 e. The molecule has 1 aromatic carbocycles. The van der Waals surface area contributed by atoms with E-state index in [9.17, 15) is 27.2 Å². The summed E-state index contributed by atoms with van der Waals surface area (Å²) in [5.74, 6) is -3.02. The quantitative estimate of drug-likeness (QED) is 0.620. The Balaban J connectivity index is 2.67. The maximum Gasteiger partial charge on any atom is 0.416 e. The van der Waals surface area contributed by atoms with Crippen LogP contribution in [0.4, 0.5) is 17.6 Å². The number of carbonyl (C=O) groups is 2. The van der Waals surface area contributed by atoms with Crippen molar-refractivity contribution in [1.29, 1.82) is 0 Å². The summed E-state index contributed by atoms with van der Waals surface area (Å²) in [7, 11) is 0. The molecule has 2 atom stereocenters. The third-order valence-corrected chi connectivity index (χ3v) is 3.81. The predicted molar refractivity (Wildman–Crippen MR) is 82.1 cm³/mol. The zero-order valence-corrected chi connectivity index (χ0v) is 13.8. The Morgan fingerprint density at radius 3 is 2.44 bits per heavy atom. The van der Waals surface area contributed by atoms with Gasteiger partial charge in [0.1, 0.15) is 11.9 Å². The first-order chi connectivity index (χ1) is 11.6. The molecule has 1 aromatic rings. The van der Waals surface area contributed by atoms with Gasteiger partial charge in [0, 0.05) is 6.54 Å². The molecule has 140 valence electrons. The number of carboxylic acid groups (broad SMARTS) is 1. The van der Waals surface area contributed by atoms with E-state index in [1.165, 1.54) is 0 Å². The summed E-state index contributed by atoms with van der Waals surface area (Å²) in [6.07, 6.45) is -4.17.